The van der Waals surface area contributed by atoms with Crippen LogP contribution in [0.15, 0.2) is 108 Å². The Hall–Kier alpha value is -5.43. The number of fused-ring (bicyclic) bond motifs is 1. The molecule has 3 atom stereocenters. The number of β-lactam (4-membered cyclic amide) rings is 1. The number of amides is 2. The van der Waals surface area contributed by atoms with Crippen LogP contribution in [0.25, 0.3) is 6.08 Å². The molecule has 6 rings (SSSR count). The van der Waals surface area contributed by atoms with E-state index < -0.39 is 46.1 Å². The van der Waals surface area contributed by atoms with Crippen LogP contribution in [0.1, 0.15) is 23.1 Å². The third-order valence-corrected chi connectivity index (χ3v) is 8.91. The van der Waals surface area contributed by atoms with Gasteiger partial charge in [0.25, 0.3) is 11.8 Å². The Morgan fingerprint density at radius 2 is 1.60 bits per heavy atom. The summed E-state index contributed by atoms with van der Waals surface area (Å²) in [5.74, 6) is -1.13. The zero-order valence-corrected chi connectivity index (χ0v) is 24.9. The number of aromatic nitrogens is 4. The van der Waals surface area contributed by atoms with Crippen LogP contribution in [0.2, 0.25) is 0 Å². The van der Waals surface area contributed by atoms with Gasteiger partial charge in [-0.15, -0.1) is 5.10 Å². The average Bonchev–Trinajstić information content (AvgIpc) is 3.49. The van der Waals surface area contributed by atoms with Crippen LogP contribution in [0, 0.1) is 0 Å². The molecule has 0 saturated carbocycles. The van der Waals surface area contributed by atoms with Crippen LogP contribution >= 0.6 is 0 Å². The minimum Gasteiger partial charge on any atom is -0.484 e. The number of nitrogens with one attached hydrogen (secondary N) is 1. The van der Waals surface area contributed by atoms with Gasteiger partial charge in [-0.2, -0.15) is 0 Å². The summed E-state index contributed by atoms with van der Waals surface area (Å²) in [5.41, 5.74) is 1.71. The summed E-state index contributed by atoms with van der Waals surface area (Å²) in [7, 11) is -0.0176. The van der Waals surface area contributed by atoms with Crippen molar-refractivity contribution in [1.82, 2.24) is 30.4 Å². The van der Waals surface area contributed by atoms with E-state index in [9.17, 15) is 18.6 Å². The van der Waals surface area contributed by atoms with Gasteiger partial charge in [0.05, 0.1) is 16.6 Å². The van der Waals surface area contributed by atoms with Crippen molar-refractivity contribution in [2.45, 2.75) is 17.5 Å². The maximum atomic E-state index is 14.1. The van der Waals surface area contributed by atoms with Crippen LogP contribution in [0.4, 0.5) is 0 Å². The predicted molar refractivity (Wildman–Crippen MR) is 163 cm³/mol. The summed E-state index contributed by atoms with van der Waals surface area (Å²) in [6.07, 6.45) is 2.34. The number of rotatable bonds is 10. The quantitative estimate of drug-likeness (QED) is 0.208. The Morgan fingerprint density at radius 3 is 2.20 bits per heavy atom. The van der Waals surface area contributed by atoms with Gasteiger partial charge < -0.3 is 14.8 Å². The number of nitrogens with zero attached hydrogens (tertiary/aromatic N) is 5. The molecule has 1 N–H and O–H groups in total. The second kappa shape index (κ2) is 13.1. The fourth-order valence-corrected chi connectivity index (χ4v) is 6.75. The van der Waals surface area contributed by atoms with E-state index in [1.54, 1.807) is 43.5 Å². The van der Waals surface area contributed by atoms with E-state index in [1.807, 2.05) is 66.7 Å². The molecule has 0 spiro atoms. The molecular formula is C32H28N6O6S. The first kappa shape index (κ1) is 29.6. The first-order chi connectivity index (χ1) is 21.9. The lowest BCUT2D eigenvalue weighted by atomic mass is 10.0. The van der Waals surface area contributed by atoms with Crippen molar-refractivity contribution >= 4 is 34.7 Å². The van der Waals surface area contributed by atoms with E-state index in [0.29, 0.717) is 17.1 Å². The van der Waals surface area contributed by atoms with Gasteiger partial charge in [0.15, 0.2) is 18.5 Å². The maximum Gasteiger partial charge on any atom is 0.356 e. The number of tetrazole rings is 1. The number of allylic oxidation sites excluding steroid dienone is 1. The molecule has 1 aromatic heterocycles. The molecule has 2 amide bonds. The number of hydrogen-bond acceptors (Lipinski definition) is 9. The first-order valence-corrected chi connectivity index (χ1v) is 15.4. The van der Waals surface area contributed by atoms with E-state index in [0.717, 1.165) is 16.0 Å². The van der Waals surface area contributed by atoms with E-state index in [-0.39, 0.29) is 18.1 Å². The van der Waals surface area contributed by atoms with Gasteiger partial charge in [0, 0.05) is 7.05 Å². The fourth-order valence-electron chi connectivity index (χ4n) is 5.10. The minimum atomic E-state index is -1.67. The second-order valence-corrected chi connectivity index (χ2v) is 11.8. The van der Waals surface area contributed by atoms with Crippen molar-refractivity contribution in [3.05, 3.63) is 125 Å². The number of ether oxygens (including phenoxy) is 2. The van der Waals surface area contributed by atoms with Gasteiger partial charge >= 0.3 is 5.97 Å². The standard InChI is InChI=1S/C32H28N6O6S/c1-37-25(34-35-36-37)18-17-23-20-45(42)31-27(33-26(39)19-43-24-15-9-4-10-16-24)30(40)38(31)28(23)32(41)44-29(21-11-5-2-6-12-21)22-13-7-3-8-14-22/h2-18,27,29,31H,19-20H2,1H3,(H,33,39)/t27?,31-,45?/m1/s1. The molecule has 4 aromatic rings. The van der Waals surface area contributed by atoms with Crippen LogP contribution in [0.3, 0.4) is 0 Å². The molecule has 0 radical (unpaired) electrons. The lowest BCUT2D eigenvalue weighted by molar-refractivity contribution is -0.155. The van der Waals surface area contributed by atoms with Crippen LogP contribution < -0.4 is 10.1 Å². The highest BCUT2D eigenvalue weighted by Gasteiger charge is 2.57. The zero-order chi connectivity index (χ0) is 31.3. The van der Waals surface area contributed by atoms with Gasteiger partial charge in [0.2, 0.25) is 0 Å². The molecule has 228 valence electrons. The Balaban J connectivity index is 1.29. The van der Waals surface area contributed by atoms with Crippen LogP contribution in [0.5, 0.6) is 5.75 Å². The lowest BCUT2D eigenvalue weighted by Crippen LogP contribution is -2.73. The number of benzene rings is 3. The smallest absolute Gasteiger partial charge is 0.356 e. The van der Waals surface area contributed by atoms with E-state index >= 15 is 0 Å². The van der Waals surface area contributed by atoms with Crippen molar-refractivity contribution in [2.75, 3.05) is 12.4 Å². The van der Waals surface area contributed by atoms with Crippen LogP contribution in [-0.2, 0) is 37.0 Å². The Bertz CT molecular complexity index is 1750. The molecule has 2 unspecified atom stereocenters. The summed E-state index contributed by atoms with van der Waals surface area (Å²) in [5, 5.41) is 13.0. The van der Waals surface area contributed by atoms with E-state index in [1.165, 1.54) is 4.68 Å². The zero-order valence-electron chi connectivity index (χ0n) is 24.1. The lowest BCUT2D eigenvalue weighted by Gasteiger charge is -2.49. The van der Waals surface area contributed by atoms with Crippen molar-refractivity contribution < 1.29 is 28.1 Å². The Labute approximate surface area is 260 Å². The third-order valence-electron chi connectivity index (χ3n) is 7.29. The number of aryl methyl sites for hydroxylation is 1. The molecular weight excluding hydrogens is 596 g/mol. The number of carbonyl (C=O) groups excluding carboxylic acids is 3. The molecule has 0 aliphatic carbocycles. The fraction of sp³-hybridized carbons (Fsp3) is 0.188. The molecule has 13 heteroatoms. The molecule has 3 aromatic carbocycles. The molecule has 1 saturated heterocycles. The monoisotopic (exact) mass is 624 g/mol. The predicted octanol–water partition coefficient (Wildman–Crippen LogP) is 2.30. The number of carbonyl (C=O) groups is 3. The summed E-state index contributed by atoms with van der Waals surface area (Å²) in [6.45, 7) is -0.340. The third kappa shape index (κ3) is 6.29. The summed E-state index contributed by atoms with van der Waals surface area (Å²) in [4.78, 5) is 41.5. The molecule has 2 aliphatic rings. The molecule has 3 heterocycles. The number of para-hydroxylation sites is 1. The molecule has 12 nitrogen and oxygen atoms in total. The van der Waals surface area contributed by atoms with Gasteiger partial charge in [-0.05, 0) is 45.3 Å². The molecule has 2 aliphatic heterocycles. The van der Waals surface area contributed by atoms with Gasteiger partial charge in [-0.3, -0.25) is 18.7 Å². The van der Waals surface area contributed by atoms with Crippen molar-refractivity contribution in [2.24, 2.45) is 7.05 Å². The molecule has 45 heavy (non-hydrogen) atoms. The highest BCUT2D eigenvalue weighted by molar-refractivity contribution is 7.86. The normalized spacial score (nSPS) is 19.3. The number of hydrogen-bond donors (Lipinski definition) is 1. The van der Waals surface area contributed by atoms with E-state index in [4.69, 9.17) is 9.47 Å². The van der Waals surface area contributed by atoms with Gasteiger partial charge in [-0.25, -0.2) is 9.48 Å². The van der Waals surface area contributed by atoms with Crippen molar-refractivity contribution in [1.29, 1.82) is 0 Å². The second-order valence-electron chi connectivity index (χ2n) is 10.2. The van der Waals surface area contributed by atoms with Gasteiger partial charge in [0.1, 0.15) is 22.9 Å². The highest BCUT2D eigenvalue weighted by Crippen LogP contribution is 2.37. The number of esters is 1. The molecule has 1 fully saturated rings. The van der Waals surface area contributed by atoms with Crippen molar-refractivity contribution in [3.63, 3.8) is 0 Å². The van der Waals surface area contributed by atoms with Crippen molar-refractivity contribution in [3.8, 4) is 5.75 Å². The van der Waals surface area contributed by atoms with Gasteiger partial charge in [-0.1, -0.05) is 84.9 Å². The summed E-state index contributed by atoms with van der Waals surface area (Å²) < 4.78 is 26.6. The summed E-state index contributed by atoms with van der Waals surface area (Å²) in [6, 6.07) is 26.1. The minimum absolute atomic E-state index is 0.0566. The van der Waals surface area contributed by atoms with E-state index in [2.05, 4.69) is 20.8 Å². The van der Waals surface area contributed by atoms with Crippen LogP contribution in [-0.4, -0.2) is 70.9 Å². The highest BCUT2D eigenvalue weighted by atomic mass is 32.2. The Kier molecular flexibility index (Phi) is 8.60. The SMILES string of the molecule is Cn1nnnc1C=CC1=C(C(=O)OC(c2ccccc2)c2ccccc2)N2C(=O)C(NC(=O)COc3ccccc3)[C@H]2S(=O)C1. The largest absolute Gasteiger partial charge is 0.484 e. The Morgan fingerprint density at radius 1 is 0.978 bits per heavy atom. The average molecular weight is 625 g/mol. The maximum absolute atomic E-state index is 14.1. The topological polar surface area (TPSA) is 146 Å². The first-order valence-electron chi connectivity index (χ1n) is 14.0. The summed E-state index contributed by atoms with van der Waals surface area (Å²) >= 11 is 0. The molecule has 0 bridgehead atoms.